The third-order valence-electron chi connectivity index (χ3n) is 5.45. The van der Waals surface area contributed by atoms with Crippen LogP contribution in [0.2, 0.25) is 0 Å². The lowest BCUT2D eigenvalue weighted by Gasteiger charge is -2.28. The van der Waals surface area contributed by atoms with E-state index >= 15 is 0 Å². The largest absolute Gasteiger partial charge is 0.507 e. The number of nitrogens with zero attached hydrogens (tertiary/aromatic N) is 4. The highest BCUT2D eigenvalue weighted by Gasteiger charge is 2.41. The van der Waals surface area contributed by atoms with Gasteiger partial charge in [-0.3, -0.25) is 0 Å². The molecule has 2 N–H and O–H groups in total. The molecule has 5 rings (SSSR count). The van der Waals surface area contributed by atoms with Gasteiger partial charge in [0.15, 0.2) is 0 Å². The summed E-state index contributed by atoms with van der Waals surface area (Å²) in [7, 11) is 0. The number of aromatic hydroxyl groups is 1. The van der Waals surface area contributed by atoms with Crippen LogP contribution in [0.1, 0.15) is 19.3 Å². The average molecular weight is 381 g/mol. The molecule has 0 unspecified atom stereocenters. The minimum absolute atomic E-state index is 0.0555. The summed E-state index contributed by atoms with van der Waals surface area (Å²) >= 11 is 0. The van der Waals surface area contributed by atoms with Gasteiger partial charge in [0.1, 0.15) is 18.0 Å². The monoisotopic (exact) mass is 381 g/mol. The van der Waals surface area contributed by atoms with E-state index in [0.29, 0.717) is 30.0 Å². The second-order valence-corrected chi connectivity index (χ2v) is 7.36. The van der Waals surface area contributed by atoms with Gasteiger partial charge in [-0.25, -0.2) is 9.37 Å². The van der Waals surface area contributed by atoms with Crippen LogP contribution in [0.3, 0.4) is 0 Å². The molecular weight excluding hydrogens is 361 g/mol. The van der Waals surface area contributed by atoms with E-state index in [1.54, 1.807) is 47.6 Å². The molecule has 1 aromatic carbocycles. The Bertz CT molecular complexity index is 961. The Balaban J connectivity index is 1.30. The first-order chi connectivity index (χ1) is 13.7. The average Bonchev–Trinajstić information content (AvgIpc) is 3.31. The van der Waals surface area contributed by atoms with Crippen molar-refractivity contribution in [1.29, 1.82) is 0 Å². The van der Waals surface area contributed by atoms with Crippen LogP contribution in [-0.2, 0) is 0 Å². The number of phenols is 1. The molecule has 2 bridgehead atoms. The van der Waals surface area contributed by atoms with Gasteiger partial charge in [0, 0.05) is 48.6 Å². The summed E-state index contributed by atoms with van der Waals surface area (Å²) in [5.74, 6) is 0.526. The van der Waals surface area contributed by atoms with Crippen molar-refractivity contribution in [3.63, 3.8) is 0 Å². The highest BCUT2D eigenvalue weighted by atomic mass is 19.1. The minimum Gasteiger partial charge on any atom is -0.507 e. The molecule has 144 valence electrons. The van der Waals surface area contributed by atoms with Gasteiger partial charge < -0.3 is 19.7 Å². The van der Waals surface area contributed by atoms with E-state index in [4.69, 9.17) is 4.74 Å². The molecule has 28 heavy (non-hydrogen) atoms. The van der Waals surface area contributed by atoms with Gasteiger partial charge in [-0.1, -0.05) is 0 Å². The summed E-state index contributed by atoms with van der Waals surface area (Å²) in [5, 5.41) is 22.0. The molecule has 0 saturated carbocycles. The second kappa shape index (κ2) is 6.87. The normalized spacial score (nSPS) is 26.3. The predicted octanol–water partition coefficient (Wildman–Crippen LogP) is 2.64. The minimum atomic E-state index is -0.791. The number of rotatable bonds is 4. The SMILES string of the molecule is Oc1cc(-n2ccnc2)ccc1-c1ccc(O[C@H]2C[C@@H]3C[C@H](F)[C@H](C2)N3)nn1. The Morgan fingerprint density at radius 2 is 2.07 bits per heavy atom. The summed E-state index contributed by atoms with van der Waals surface area (Å²) in [6, 6.07) is 8.88. The van der Waals surface area contributed by atoms with Crippen LogP contribution in [0.5, 0.6) is 11.6 Å². The van der Waals surface area contributed by atoms with Crippen molar-refractivity contribution in [1.82, 2.24) is 25.1 Å². The number of halogens is 1. The van der Waals surface area contributed by atoms with Gasteiger partial charge in [0.05, 0.1) is 17.7 Å². The van der Waals surface area contributed by atoms with Crippen molar-refractivity contribution in [2.45, 2.75) is 43.6 Å². The topological polar surface area (TPSA) is 85.1 Å². The standard InChI is InChI=1S/C20H20FN5O2/c21-16-8-12-7-14(10-18(16)23-12)28-20-4-3-17(24-25-20)15-2-1-13(9-19(15)27)26-6-5-22-11-26/h1-6,9,11-12,14,16,18,23,27H,7-8,10H2/t12-,14+,16+,18+/m1/s1. The van der Waals surface area contributed by atoms with E-state index in [2.05, 4.69) is 20.5 Å². The Morgan fingerprint density at radius 1 is 1.14 bits per heavy atom. The number of hydrogen-bond donors (Lipinski definition) is 2. The Morgan fingerprint density at radius 3 is 2.79 bits per heavy atom. The van der Waals surface area contributed by atoms with Crippen LogP contribution in [0, 0.1) is 0 Å². The van der Waals surface area contributed by atoms with Crippen molar-refractivity contribution in [3.8, 4) is 28.6 Å². The van der Waals surface area contributed by atoms with Gasteiger partial charge in [0.25, 0.3) is 0 Å². The maximum Gasteiger partial charge on any atom is 0.233 e. The van der Waals surface area contributed by atoms with E-state index < -0.39 is 6.17 Å². The fourth-order valence-electron chi connectivity index (χ4n) is 4.09. The molecule has 7 nitrogen and oxygen atoms in total. The van der Waals surface area contributed by atoms with E-state index in [1.807, 2.05) is 6.07 Å². The molecule has 0 radical (unpaired) electrons. The number of fused-ring (bicyclic) bond motifs is 2. The number of benzene rings is 1. The molecular formula is C20H20FN5O2. The molecule has 2 aromatic heterocycles. The van der Waals surface area contributed by atoms with Crippen LogP contribution in [0.25, 0.3) is 16.9 Å². The summed E-state index contributed by atoms with van der Waals surface area (Å²) < 4.78 is 21.5. The highest BCUT2D eigenvalue weighted by Crippen LogP contribution is 2.32. The number of ether oxygens (including phenoxy) is 1. The zero-order valence-corrected chi connectivity index (χ0v) is 15.1. The molecule has 0 aliphatic carbocycles. The molecule has 4 atom stereocenters. The molecule has 0 amide bonds. The van der Waals surface area contributed by atoms with Crippen LogP contribution < -0.4 is 10.1 Å². The molecule has 2 fully saturated rings. The smallest absolute Gasteiger partial charge is 0.233 e. The fraction of sp³-hybridized carbons (Fsp3) is 0.350. The van der Waals surface area contributed by atoms with Gasteiger partial charge in [-0.15, -0.1) is 10.2 Å². The van der Waals surface area contributed by atoms with E-state index in [-0.39, 0.29) is 23.9 Å². The Labute approximate surface area is 161 Å². The fourth-order valence-corrected chi connectivity index (χ4v) is 4.09. The van der Waals surface area contributed by atoms with E-state index in [1.165, 1.54) is 0 Å². The molecule has 2 aliphatic heterocycles. The highest BCUT2D eigenvalue weighted by molar-refractivity contribution is 5.68. The number of imidazole rings is 1. The Kier molecular flexibility index (Phi) is 4.20. The van der Waals surface area contributed by atoms with Crippen LogP contribution >= 0.6 is 0 Å². The molecule has 2 aliphatic rings. The first-order valence-electron chi connectivity index (χ1n) is 9.38. The zero-order chi connectivity index (χ0) is 19.1. The molecule has 4 heterocycles. The van der Waals surface area contributed by atoms with Gasteiger partial charge >= 0.3 is 0 Å². The van der Waals surface area contributed by atoms with Crippen molar-refractivity contribution < 1.29 is 14.2 Å². The first kappa shape index (κ1) is 17.1. The summed E-state index contributed by atoms with van der Waals surface area (Å²) in [5.41, 5.74) is 1.94. The number of hydrogen-bond acceptors (Lipinski definition) is 6. The van der Waals surface area contributed by atoms with Gasteiger partial charge in [-0.05, 0) is 31.0 Å². The van der Waals surface area contributed by atoms with Crippen LogP contribution in [0.4, 0.5) is 4.39 Å². The van der Waals surface area contributed by atoms with Gasteiger partial charge in [0.2, 0.25) is 5.88 Å². The lowest BCUT2D eigenvalue weighted by atomic mass is 10.0. The number of phenolic OH excluding ortho intramolecular Hbond substituents is 1. The second-order valence-electron chi connectivity index (χ2n) is 7.36. The number of piperidine rings is 1. The maximum absolute atomic E-state index is 13.8. The summed E-state index contributed by atoms with van der Waals surface area (Å²) in [6.07, 6.45) is 6.27. The number of aromatic nitrogens is 4. The van der Waals surface area contributed by atoms with E-state index in [9.17, 15) is 9.50 Å². The Hall–Kier alpha value is -3.00. The zero-order valence-electron chi connectivity index (χ0n) is 15.1. The molecule has 2 saturated heterocycles. The summed E-state index contributed by atoms with van der Waals surface area (Å²) in [4.78, 5) is 4.00. The molecule has 8 heteroatoms. The van der Waals surface area contributed by atoms with Crippen LogP contribution in [0.15, 0.2) is 49.1 Å². The van der Waals surface area contributed by atoms with Crippen molar-refractivity contribution in [3.05, 3.63) is 49.1 Å². The van der Waals surface area contributed by atoms with Crippen molar-refractivity contribution >= 4 is 0 Å². The number of nitrogens with one attached hydrogen (secondary N) is 1. The quantitative estimate of drug-likeness (QED) is 0.723. The lowest BCUT2D eigenvalue weighted by molar-refractivity contribution is 0.123. The molecule has 0 spiro atoms. The predicted molar refractivity (Wildman–Crippen MR) is 100 cm³/mol. The summed E-state index contributed by atoms with van der Waals surface area (Å²) in [6.45, 7) is 0. The van der Waals surface area contributed by atoms with Gasteiger partial charge in [-0.2, -0.15) is 0 Å². The van der Waals surface area contributed by atoms with Crippen molar-refractivity contribution in [2.24, 2.45) is 0 Å². The van der Waals surface area contributed by atoms with E-state index in [0.717, 1.165) is 12.1 Å². The third-order valence-corrected chi connectivity index (χ3v) is 5.45. The van der Waals surface area contributed by atoms with Crippen LogP contribution in [-0.4, -0.2) is 49.2 Å². The molecule has 3 aromatic rings. The first-order valence-corrected chi connectivity index (χ1v) is 9.38. The lowest BCUT2D eigenvalue weighted by Crippen LogP contribution is -2.44. The number of alkyl halides is 1. The third kappa shape index (κ3) is 3.20. The van der Waals surface area contributed by atoms with Crippen molar-refractivity contribution in [2.75, 3.05) is 0 Å². The maximum atomic E-state index is 13.8.